The Morgan fingerprint density at radius 1 is 0.902 bits per heavy atom. The van der Waals surface area contributed by atoms with Crippen LogP contribution in [-0.4, -0.2) is 138 Å². The van der Waals surface area contributed by atoms with Gasteiger partial charge in [0, 0.05) is 63.5 Å². The van der Waals surface area contributed by atoms with Gasteiger partial charge in [0.2, 0.25) is 0 Å². The Morgan fingerprint density at radius 3 is 1.90 bits per heavy atom. The summed E-state index contributed by atoms with van der Waals surface area (Å²) in [6, 6.07) is 7.39. The molecular weight excluding hydrogens is 554 g/mol. The molecule has 0 amide bonds. The number of benzene rings is 1. The highest BCUT2D eigenvalue weighted by Gasteiger charge is 2.27. The number of hydrogen-bond donors (Lipinski definition) is 3. The van der Waals surface area contributed by atoms with E-state index in [1.165, 1.54) is 0 Å². The van der Waals surface area contributed by atoms with Gasteiger partial charge in [0.1, 0.15) is 13.5 Å². The maximum absolute atomic E-state index is 11.9. The molecule has 2 rings (SSSR count). The summed E-state index contributed by atoms with van der Waals surface area (Å²) < 4.78 is 9.94. The molecule has 1 heterocycles. The summed E-state index contributed by atoms with van der Waals surface area (Å²) in [6.45, 7) is 7.02. The molecule has 228 valence electrons. The lowest BCUT2D eigenvalue weighted by Crippen LogP contribution is -2.53. The second-order valence-electron chi connectivity index (χ2n) is 10.2. The largest absolute Gasteiger partial charge is 0.480 e. The van der Waals surface area contributed by atoms with E-state index in [4.69, 9.17) is 21.7 Å². The lowest BCUT2D eigenvalue weighted by molar-refractivity contribution is -0.141. The summed E-state index contributed by atoms with van der Waals surface area (Å²) >= 11 is 5.38. The van der Waals surface area contributed by atoms with Crippen LogP contribution < -0.4 is 5.32 Å². The van der Waals surface area contributed by atoms with Gasteiger partial charge in [0.15, 0.2) is 0 Å². The normalized spacial score (nSPS) is 18.6. The standard InChI is InChI=1S/C27H41N5O8S/c1-21(2)27(41)28-23-5-3-22(4-6-23)13-24-14-31(15-25(35)36)10-9-29(17-39-19-33)7-8-30(18-40-20-34)11-12-32(24)16-26(37)38/h3-6,19-21,24H,7-18H2,1-2H3,(H,28,41)(H,35,36)(H,37,38). The summed E-state index contributed by atoms with van der Waals surface area (Å²) in [5, 5.41) is 22.6. The fraction of sp³-hybridized carbons (Fsp3) is 0.593. The Kier molecular flexibility index (Phi) is 15.2. The fourth-order valence-electron chi connectivity index (χ4n) is 4.47. The average molecular weight is 596 g/mol. The minimum atomic E-state index is -0.999. The van der Waals surface area contributed by atoms with Crippen LogP contribution in [0.25, 0.3) is 0 Å². The Morgan fingerprint density at radius 2 is 1.41 bits per heavy atom. The lowest BCUT2D eigenvalue weighted by atomic mass is 10.0. The molecule has 0 aliphatic carbocycles. The molecule has 1 fully saturated rings. The summed E-state index contributed by atoms with van der Waals surface area (Å²) in [5.41, 5.74) is 1.81. The molecule has 13 nitrogen and oxygen atoms in total. The van der Waals surface area contributed by atoms with Crippen LogP contribution >= 0.6 is 12.2 Å². The molecule has 1 aliphatic rings. The number of carboxylic acids is 2. The van der Waals surface area contributed by atoms with Gasteiger partial charge in [-0.3, -0.25) is 38.8 Å². The van der Waals surface area contributed by atoms with Gasteiger partial charge < -0.3 is 25.0 Å². The molecule has 14 heteroatoms. The van der Waals surface area contributed by atoms with Crippen molar-refractivity contribution in [2.75, 3.05) is 77.7 Å². The van der Waals surface area contributed by atoms with Gasteiger partial charge in [-0.2, -0.15) is 0 Å². The molecule has 1 unspecified atom stereocenters. The lowest BCUT2D eigenvalue weighted by Gasteiger charge is -2.37. The van der Waals surface area contributed by atoms with Crippen LogP contribution in [0.5, 0.6) is 0 Å². The van der Waals surface area contributed by atoms with Crippen molar-refractivity contribution < 1.29 is 38.9 Å². The summed E-state index contributed by atoms with van der Waals surface area (Å²) in [4.78, 5) is 53.4. The number of nitrogens with one attached hydrogen (secondary N) is 1. The molecule has 0 bridgehead atoms. The van der Waals surface area contributed by atoms with Gasteiger partial charge in [0.05, 0.1) is 18.1 Å². The average Bonchev–Trinajstić information content (AvgIpc) is 2.91. The molecule has 3 N–H and O–H groups in total. The molecule has 0 saturated carbocycles. The van der Waals surface area contributed by atoms with Gasteiger partial charge in [-0.05, 0) is 24.1 Å². The third kappa shape index (κ3) is 13.4. The van der Waals surface area contributed by atoms with Crippen molar-refractivity contribution in [1.29, 1.82) is 0 Å². The van der Waals surface area contributed by atoms with E-state index in [9.17, 15) is 29.4 Å². The smallest absolute Gasteiger partial charge is 0.317 e. The van der Waals surface area contributed by atoms with E-state index in [0.29, 0.717) is 65.2 Å². The van der Waals surface area contributed by atoms with E-state index in [2.05, 4.69) is 5.32 Å². The first kappa shape index (κ1) is 34.0. The molecule has 1 aromatic rings. The second-order valence-corrected chi connectivity index (χ2v) is 10.7. The Balaban J connectivity index is 2.35. The van der Waals surface area contributed by atoms with Crippen molar-refractivity contribution in [3.8, 4) is 0 Å². The third-order valence-corrected chi connectivity index (χ3v) is 7.29. The molecule has 1 aliphatic heterocycles. The molecule has 0 radical (unpaired) electrons. The van der Waals surface area contributed by atoms with E-state index in [1.54, 1.807) is 4.90 Å². The number of thiocarbonyl (C=S) groups is 1. The summed E-state index contributed by atoms with van der Waals surface area (Å²) in [5.74, 6) is -1.80. The van der Waals surface area contributed by atoms with Crippen LogP contribution in [0.4, 0.5) is 5.69 Å². The number of carbonyl (C=O) groups is 4. The number of rotatable bonds is 14. The number of carboxylic acid groups (broad SMARTS) is 2. The number of aliphatic carboxylic acids is 2. The van der Waals surface area contributed by atoms with Crippen molar-refractivity contribution >= 4 is 47.8 Å². The number of hydrogen-bond acceptors (Lipinski definition) is 11. The molecule has 0 spiro atoms. The van der Waals surface area contributed by atoms with Crippen molar-refractivity contribution in [3.63, 3.8) is 0 Å². The zero-order valence-corrected chi connectivity index (χ0v) is 24.5. The Bertz CT molecular complexity index is 996. The fourth-order valence-corrected chi connectivity index (χ4v) is 4.59. The van der Waals surface area contributed by atoms with Gasteiger partial charge in [-0.1, -0.05) is 38.2 Å². The maximum atomic E-state index is 11.9. The SMILES string of the molecule is CC(C)C(=S)Nc1ccc(CC2CN(CC(=O)O)CCN(COC=O)CCN(COC=O)CCN2CC(=O)O)cc1. The molecule has 0 aromatic heterocycles. The highest BCUT2D eigenvalue weighted by Crippen LogP contribution is 2.17. The summed E-state index contributed by atoms with van der Waals surface area (Å²) in [6.07, 6.45) is 0.473. The maximum Gasteiger partial charge on any atom is 0.317 e. The highest BCUT2D eigenvalue weighted by atomic mass is 32.1. The molecule has 1 aromatic carbocycles. The minimum Gasteiger partial charge on any atom is -0.480 e. The number of anilines is 1. The molecular formula is C27H41N5O8S. The first-order valence-electron chi connectivity index (χ1n) is 13.5. The second kappa shape index (κ2) is 18.3. The Hall–Kier alpha value is -3.17. The Labute approximate surface area is 245 Å². The first-order chi connectivity index (χ1) is 19.6. The van der Waals surface area contributed by atoms with Gasteiger partial charge >= 0.3 is 11.9 Å². The number of ether oxygens (including phenoxy) is 2. The van der Waals surface area contributed by atoms with E-state index >= 15 is 0 Å². The van der Waals surface area contributed by atoms with Crippen LogP contribution in [-0.2, 0) is 35.1 Å². The monoisotopic (exact) mass is 595 g/mol. The summed E-state index contributed by atoms with van der Waals surface area (Å²) in [7, 11) is 0. The zero-order valence-electron chi connectivity index (χ0n) is 23.6. The molecule has 1 atom stereocenters. The van der Waals surface area contributed by atoms with Crippen molar-refractivity contribution in [2.45, 2.75) is 26.3 Å². The van der Waals surface area contributed by atoms with Crippen LogP contribution in [0.15, 0.2) is 24.3 Å². The van der Waals surface area contributed by atoms with Crippen LogP contribution in [0.3, 0.4) is 0 Å². The van der Waals surface area contributed by atoms with Crippen LogP contribution in [0, 0.1) is 5.92 Å². The van der Waals surface area contributed by atoms with Crippen molar-refractivity contribution in [1.82, 2.24) is 19.6 Å². The van der Waals surface area contributed by atoms with E-state index in [-0.39, 0.29) is 38.5 Å². The number of carbonyl (C=O) groups excluding carboxylic acids is 2. The van der Waals surface area contributed by atoms with Crippen LogP contribution in [0.2, 0.25) is 0 Å². The minimum absolute atomic E-state index is 0.0231. The van der Waals surface area contributed by atoms with E-state index < -0.39 is 11.9 Å². The number of nitrogens with zero attached hydrogens (tertiary/aromatic N) is 4. The zero-order chi connectivity index (χ0) is 30.2. The highest BCUT2D eigenvalue weighted by molar-refractivity contribution is 7.80. The predicted molar refractivity (Wildman–Crippen MR) is 155 cm³/mol. The van der Waals surface area contributed by atoms with Gasteiger partial charge in [-0.25, -0.2) is 0 Å². The van der Waals surface area contributed by atoms with E-state index in [0.717, 1.165) is 16.2 Å². The van der Waals surface area contributed by atoms with Gasteiger partial charge in [0.25, 0.3) is 12.9 Å². The van der Waals surface area contributed by atoms with Crippen molar-refractivity contribution in [3.05, 3.63) is 29.8 Å². The van der Waals surface area contributed by atoms with E-state index in [1.807, 2.05) is 52.8 Å². The van der Waals surface area contributed by atoms with Crippen molar-refractivity contribution in [2.24, 2.45) is 5.92 Å². The molecule has 41 heavy (non-hydrogen) atoms. The van der Waals surface area contributed by atoms with Gasteiger partial charge in [-0.15, -0.1) is 0 Å². The predicted octanol–water partition coefficient (Wildman–Crippen LogP) is 0.645. The molecule has 1 saturated heterocycles. The topological polar surface area (TPSA) is 152 Å². The van der Waals surface area contributed by atoms with Crippen LogP contribution in [0.1, 0.15) is 19.4 Å². The first-order valence-corrected chi connectivity index (χ1v) is 13.9. The third-order valence-electron chi connectivity index (χ3n) is 6.72. The quantitative estimate of drug-likeness (QED) is 0.204.